The van der Waals surface area contributed by atoms with Gasteiger partial charge in [-0.15, -0.1) is 0 Å². The van der Waals surface area contributed by atoms with Crippen molar-refractivity contribution in [1.29, 1.82) is 0 Å². The third kappa shape index (κ3) is 2.53. The van der Waals surface area contributed by atoms with Crippen molar-refractivity contribution >= 4 is 15.9 Å². The Bertz CT molecular complexity index is 275. The molecule has 0 bridgehead atoms. The third-order valence-electron chi connectivity index (χ3n) is 2.03. The smallest absolute Gasteiger partial charge is 0.0707 e. The predicted molar refractivity (Wildman–Crippen MR) is 57.6 cm³/mol. The first-order valence-electron chi connectivity index (χ1n) is 4.26. The summed E-state index contributed by atoms with van der Waals surface area (Å²) in [4.78, 5) is 0. The highest BCUT2D eigenvalue weighted by Gasteiger charge is 2.16. The van der Waals surface area contributed by atoms with Crippen LogP contribution in [0.2, 0.25) is 0 Å². The highest BCUT2D eigenvalue weighted by Crippen LogP contribution is 2.24. The Morgan fingerprint density at radius 1 is 1.38 bits per heavy atom. The standard InChI is InChI=1S/C10H14BrNO/c1-7(13)10(12-2)8-5-3-4-6-9(8)11/h3-7,10,12-13H,1-2H3. The first kappa shape index (κ1) is 10.7. The molecule has 0 amide bonds. The minimum absolute atomic E-state index is 0.0180. The Balaban J connectivity index is 2.97. The van der Waals surface area contributed by atoms with Gasteiger partial charge in [-0.2, -0.15) is 0 Å². The number of hydrogen-bond donors (Lipinski definition) is 2. The number of nitrogens with one attached hydrogen (secondary N) is 1. The van der Waals surface area contributed by atoms with E-state index in [-0.39, 0.29) is 6.04 Å². The lowest BCUT2D eigenvalue weighted by molar-refractivity contribution is 0.149. The van der Waals surface area contributed by atoms with Gasteiger partial charge in [0.2, 0.25) is 0 Å². The molecule has 0 aromatic heterocycles. The Morgan fingerprint density at radius 2 is 2.00 bits per heavy atom. The molecule has 72 valence electrons. The molecule has 0 radical (unpaired) electrons. The molecule has 13 heavy (non-hydrogen) atoms. The van der Waals surface area contributed by atoms with Gasteiger partial charge < -0.3 is 10.4 Å². The van der Waals surface area contributed by atoms with Gasteiger partial charge in [-0.05, 0) is 25.6 Å². The molecule has 0 saturated carbocycles. The number of aliphatic hydroxyl groups is 1. The van der Waals surface area contributed by atoms with Gasteiger partial charge in [-0.3, -0.25) is 0 Å². The van der Waals surface area contributed by atoms with Crippen LogP contribution in [0.3, 0.4) is 0 Å². The minimum atomic E-state index is -0.399. The molecule has 0 aliphatic rings. The van der Waals surface area contributed by atoms with Crippen molar-refractivity contribution in [3.8, 4) is 0 Å². The monoisotopic (exact) mass is 243 g/mol. The molecular formula is C10H14BrNO. The van der Waals surface area contributed by atoms with E-state index in [0.29, 0.717) is 0 Å². The molecule has 0 aliphatic heterocycles. The van der Waals surface area contributed by atoms with Crippen LogP contribution in [0.1, 0.15) is 18.5 Å². The summed E-state index contributed by atoms with van der Waals surface area (Å²) in [5, 5.41) is 12.6. The molecule has 3 heteroatoms. The average molecular weight is 244 g/mol. The maximum absolute atomic E-state index is 9.51. The average Bonchev–Trinajstić information content (AvgIpc) is 2.09. The summed E-state index contributed by atoms with van der Waals surface area (Å²) in [6.45, 7) is 1.78. The van der Waals surface area contributed by atoms with Gasteiger partial charge in [0.25, 0.3) is 0 Å². The molecule has 1 rings (SSSR count). The minimum Gasteiger partial charge on any atom is -0.391 e. The van der Waals surface area contributed by atoms with Gasteiger partial charge in [0.05, 0.1) is 12.1 Å². The number of hydrogen-bond acceptors (Lipinski definition) is 2. The zero-order chi connectivity index (χ0) is 9.84. The van der Waals surface area contributed by atoms with E-state index in [1.165, 1.54) is 0 Å². The van der Waals surface area contributed by atoms with Crippen LogP contribution < -0.4 is 5.32 Å². The van der Waals surface area contributed by atoms with E-state index >= 15 is 0 Å². The maximum Gasteiger partial charge on any atom is 0.0707 e. The molecule has 0 heterocycles. The Morgan fingerprint density at radius 3 is 2.46 bits per heavy atom. The molecule has 0 spiro atoms. The maximum atomic E-state index is 9.51. The summed E-state index contributed by atoms with van der Waals surface area (Å²) in [6.07, 6.45) is -0.399. The van der Waals surface area contributed by atoms with Crippen molar-refractivity contribution in [1.82, 2.24) is 5.32 Å². The van der Waals surface area contributed by atoms with Gasteiger partial charge in [-0.1, -0.05) is 34.1 Å². The first-order valence-corrected chi connectivity index (χ1v) is 5.06. The molecule has 1 aromatic carbocycles. The van der Waals surface area contributed by atoms with E-state index in [9.17, 15) is 5.11 Å². The number of rotatable bonds is 3. The van der Waals surface area contributed by atoms with Crippen molar-refractivity contribution in [2.75, 3.05) is 7.05 Å². The van der Waals surface area contributed by atoms with Gasteiger partial charge in [0, 0.05) is 4.47 Å². The van der Waals surface area contributed by atoms with E-state index in [2.05, 4.69) is 21.2 Å². The third-order valence-corrected chi connectivity index (χ3v) is 2.76. The van der Waals surface area contributed by atoms with E-state index in [4.69, 9.17) is 0 Å². The lowest BCUT2D eigenvalue weighted by Gasteiger charge is -2.20. The van der Waals surface area contributed by atoms with Gasteiger partial charge in [-0.25, -0.2) is 0 Å². The second-order valence-electron chi connectivity index (χ2n) is 3.03. The number of aliphatic hydroxyl groups excluding tert-OH is 1. The van der Waals surface area contributed by atoms with Crippen LogP contribution in [0, 0.1) is 0 Å². The fraction of sp³-hybridized carbons (Fsp3) is 0.400. The van der Waals surface area contributed by atoms with Crippen LogP contribution in [0.15, 0.2) is 28.7 Å². The summed E-state index contributed by atoms with van der Waals surface area (Å²) in [5.74, 6) is 0. The van der Waals surface area contributed by atoms with Crippen LogP contribution in [0.4, 0.5) is 0 Å². The molecule has 2 nitrogen and oxygen atoms in total. The Hall–Kier alpha value is -0.380. The van der Waals surface area contributed by atoms with Crippen LogP contribution in [-0.2, 0) is 0 Å². The van der Waals surface area contributed by atoms with Crippen LogP contribution in [0.5, 0.6) is 0 Å². The molecule has 2 unspecified atom stereocenters. The fourth-order valence-electron chi connectivity index (χ4n) is 1.38. The SMILES string of the molecule is CNC(c1ccccc1Br)C(C)O. The van der Waals surface area contributed by atoms with Gasteiger partial charge in [0.15, 0.2) is 0 Å². The zero-order valence-corrected chi connectivity index (χ0v) is 9.38. The number of halogens is 1. The van der Waals surface area contributed by atoms with E-state index in [1.807, 2.05) is 31.3 Å². The second-order valence-corrected chi connectivity index (χ2v) is 3.88. The van der Waals surface area contributed by atoms with Crippen molar-refractivity contribution in [2.24, 2.45) is 0 Å². The topological polar surface area (TPSA) is 32.3 Å². The van der Waals surface area contributed by atoms with Crippen molar-refractivity contribution < 1.29 is 5.11 Å². The quantitative estimate of drug-likeness (QED) is 0.853. The fourth-order valence-corrected chi connectivity index (χ4v) is 1.92. The second kappa shape index (κ2) is 4.74. The summed E-state index contributed by atoms with van der Waals surface area (Å²) < 4.78 is 1.02. The summed E-state index contributed by atoms with van der Waals surface area (Å²) >= 11 is 3.45. The van der Waals surface area contributed by atoms with Crippen molar-refractivity contribution in [3.63, 3.8) is 0 Å². The highest BCUT2D eigenvalue weighted by atomic mass is 79.9. The van der Waals surface area contributed by atoms with E-state index in [0.717, 1.165) is 10.0 Å². The van der Waals surface area contributed by atoms with Gasteiger partial charge >= 0.3 is 0 Å². The number of benzene rings is 1. The molecule has 1 aromatic rings. The lowest BCUT2D eigenvalue weighted by atomic mass is 10.0. The normalized spacial score (nSPS) is 15.4. The van der Waals surface area contributed by atoms with E-state index < -0.39 is 6.10 Å². The van der Waals surface area contributed by atoms with Crippen molar-refractivity contribution in [2.45, 2.75) is 19.1 Å². The summed E-state index contributed by atoms with van der Waals surface area (Å²) in [5.41, 5.74) is 1.08. The highest BCUT2D eigenvalue weighted by molar-refractivity contribution is 9.10. The molecular weight excluding hydrogens is 230 g/mol. The Kier molecular flexibility index (Phi) is 3.90. The number of likely N-dealkylation sites (N-methyl/N-ethyl adjacent to an activating group) is 1. The predicted octanol–water partition coefficient (Wildman–Crippen LogP) is 2.09. The molecule has 0 aliphatic carbocycles. The summed E-state index contributed by atoms with van der Waals surface area (Å²) in [7, 11) is 1.84. The van der Waals surface area contributed by atoms with Gasteiger partial charge in [0.1, 0.15) is 0 Å². The van der Waals surface area contributed by atoms with Crippen LogP contribution >= 0.6 is 15.9 Å². The largest absolute Gasteiger partial charge is 0.391 e. The van der Waals surface area contributed by atoms with Crippen LogP contribution in [-0.4, -0.2) is 18.3 Å². The molecule has 0 fully saturated rings. The first-order chi connectivity index (χ1) is 6.16. The zero-order valence-electron chi connectivity index (χ0n) is 7.79. The van der Waals surface area contributed by atoms with E-state index in [1.54, 1.807) is 6.92 Å². The Labute approximate surface area is 87.1 Å². The lowest BCUT2D eigenvalue weighted by Crippen LogP contribution is -2.27. The molecule has 2 N–H and O–H groups in total. The van der Waals surface area contributed by atoms with Crippen LogP contribution in [0.25, 0.3) is 0 Å². The summed E-state index contributed by atoms with van der Waals surface area (Å²) in [6, 6.07) is 7.88. The van der Waals surface area contributed by atoms with Crippen molar-refractivity contribution in [3.05, 3.63) is 34.3 Å². The molecule has 0 saturated heterocycles. The molecule has 2 atom stereocenters.